The molecule has 0 fully saturated rings. The molecule has 0 aliphatic rings. The molecule has 0 radical (unpaired) electrons. The van der Waals surface area contributed by atoms with Crippen LogP contribution >= 0.6 is 0 Å². The van der Waals surface area contributed by atoms with E-state index in [1.807, 2.05) is 0 Å². The average molecular weight is 234 g/mol. The van der Waals surface area contributed by atoms with Gasteiger partial charge in [0, 0.05) is 31.9 Å². The van der Waals surface area contributed by atoms with Crippen molar-refractivity contribution in [2.45, 2.75) is 33.2 Å². The van der Waals surface area contributed by atoms with E-state index < -0.39 is 0 Å². The summed E-state index contributed by atoms with van der Waals surface area (Å²) in [6.45, 7) is 10.2. The molecule has 17 heavy (non-hydrogen) atoms. The Hall–Kier alpha value is -1.02. The largest absolute Gasteiger partial charge is 0.375 e. The molecule has 96 valence electrons. The highest BCUT2D eigenvalue weighted by Crippen LogP contribution is 2.11. The zero-order valence-corrected chi connectivity index (χ0v) is 11.7. The Morgan fingerprint density at radius 3 is 2.24 bits per heavy atom. The van der Waals surface area contributed by atoms with E-state index in [-0.39, 0.29) is 0 Å². The van der Waals surface area contributed by atoms with Crippen molar-refractivity contribution in [2.24, 2.45) is 0 Å². The Morgan fingerprint density at radius 2 is 1.71 bits per heavy atom. The van der Waals surface area contributed by atoms with E-state index in [0.29, 0.717) is 6.04 Å². The normalized spacial score (nSPS) is 11.2. The van der Waals surface area contributed by atoms with Gasteiger partial charge in [-0.15, -0.1) is 0 Å². The van der Waals surface area contributed by atoms with E-state index in [4.69, 9.17) is 0 Å². The number of para-hydroxylation sites is 1. The molecule has 1 aromatic rings. The van der Waals surface area contributed by atoms with Crippen molar-refractivity contribution < 1.29 is 0 Å². The molecule has 0 atom stereocenters. The molecule has 0 N–H and O–H groups in total. The van der Waals surface area contributed by atoms with Gasteiger partial charge in [-0.05, 0) is 38.9 Å². The third kappa shape index (κ3) is 4.78. The van der Waals surface area contributed by atoms with E-state index in [2.05, 4.69) is 68.0 Å². The molecule has 0 spiro atoms. The van der Waals surface area contributed by atoms with Crippen molar-refractivity contribution in [3.8, 4) is 0 Å². The molecule has 0 aromatic heterocycles. The lowest BCUT2D eigenvalue weighted by Crippen LogP contribution is -2.33. The molecule has 0 bridgehead atoms. The molecule has 1 aromatic carbocycles. The number of rotatable bonds is 7. The van der Waals surface area contributed by atoms with Gasteiger partial charge in [-0.25, -0.2) is 0 Å². The summed E-state index contributed by atoms with van der Waals surface area (Å²) in [6.07, 6.45) is 1.22. The van der Waals surface area contributed by atoms with Crippen LogP contribution in [-0.4, -0.2) is 37.6 Å². The van der Waals surface area contributed by atoms with E-state index >= 15 is 0 Å². The van der Waals surface area contributed by atoms with Gasteiger partial charge in [0.1, 0.15) is 0 Å². The fourth-order valence-corrected chi connectivity index (χ4v) is 2.10. The molecule has 0 heterocycles. The number of hydrogen-bond donors (Lipinski definition) is 0. The molecular weight excluding hydrogens is 208 g/mol. The smallest absolute Gasteiger partial charge is 0.0363 e. The molecular formula is C15H26N2. The van der Waals surface area contributed by atoms with Crippen LogP contribution in [0.25, 0.3) is 0 Å². The van der Waals surface area contributed by atoms with Crippen molar-refractivity contribution in [3.05, 3.63) is 30.3 Å². The first-order valence-corrected chi connectivity index (χ1v) is 6.65. The topological polar surface area (TPSA) is 6.48 Å². The van der Waals surface area contributed by atoms with Gasteiger partial charge in [0.15, 0.2) is 0 Å². The summed E-state index contributed by atoms with van der Waals surface area (Å²) >= 11 is 0. The molecule has 2 heteroatoms. The molecule has 0 unspecified atom stereocenters. The summed E-state index contributed by atoms with van der Waals surface area (Å²) in [7, 11) is 2.17. The summed E-state index contributed by atoms with van der Waals surface area (Å²) in [5, 5.41) is 0. The Balaban J connectivity index is 2.31. The van der Waals surface area contributed by atoms with Crippen LogP contribution < -0.4 is 4.90 Å². The number of nitrogens with zero attached hydrogens (tertiary/aromatic N) is 2. The minimum Gasteiger partial charge on any atom is -0.375 e. The third-order valence-corrected chi connectivity index (χ3v) is 3.27. The van der Waals surface area contributed by atoms with Gasteiger partial charge in [0.25, 0.3) is 0 Å². The van der Waals surface area contributed by atoms with E-state index in [1.54, 1.807) is 0 Å². The Labute approximate surface area is 106 Å². The van der Waals surface area contributed by atoms with E-state index in [0.717, 1.165) is 13.1 Å². The van der Waals surface area contributed by atoms with Gasteiger partial charge in [-0.1, -0.05) is 25.1 Å². The summed E-state index contributed by atoms with van der Waals surface area (Å²) in [5.41, 5.74) is 1.31. The van der Waals surface area contributed by atoms with Crippen molar-refractivity contribution >= 4 is 5.69 Å². The fraction of sp³-hybridized carbons (Fsp3) is 0.600. The average Bonchev–Trinajstić information content (AvgIpc) is 2.35. The number of hydrogen-bond acceptors (Lipinski definition) is 2. The van der Waals surface area contributed by atoms with Crippen molar-refractivity contribution in [1.29, 1.82) is 0 Å². The fourth-order valence-electron chi connectivity index (χ4n) is 2.10. The molecule has 0 aliphatic heterocycles. The SMILES string of the molecule is CCN(CCCN(C)c1ccccc1)C(C)C. The van der Waals surface area contributed by atoms with Gasteiger partial charge in [0.05, 0.1) is 0 Å². The first kappa shape index (κ1) is 14.0. The zero-order chi connectivity index (χ0) is 12.7. The molecule has 0 aliphatic carbocycles. The molecule has 0 amide bonds. The van der Waals surface area contributed by atoms with Gasteiger partial charge in [-0.2, -0.15) is 0 Å². The van der Waals surface area contributed by atoms with Crippen LogP contribution in [0, 0.1) is 0 Å². The molecule has 0 saturated heterocycles. The van der Waals surface area contributed by atoms with Gasteiger partial charge in [0.2, 0.25) is 0 Å². The van der Waals surface area contributed by atoms with Crippen LogP contribution in [-0.2, 0) is 0 Å². The minimum atomic E-state index is 0.655. The second-order valence-electron chi connectivity index (χ2n) is 4.83. The van der Waals surface area contributed by atoms with Crippen molar-refractivity contribution in [1.82, 2.24) is 4.90 Å². The maximum Gasteiger partial charge on any atom is 0.0363 e. The van der Waals surface area contributed by atoms with E-state index in [9.17, 15) is 0 Å². The first-order chi connectivity index (χ1) is 8.15. The lowest BCUT2D eigenvalue weighted by Gasteiger charge is -2.26. The van der Waals surface area contributed by atoms with Crippen molar-refractivity contribution in [3.63, 3.8) is 0 Å². The van der Waals surface area contributed by atoms with Crippen LogP contribution in [0.2, 0.25) is 0 Å². The van der Waals surface area contributed by atoms with Crippen LogP contribution in [0.3, 0.4) is 0 Å². The van der Waals surface area contributed by atoms with Gasteiger partial charge < -0.3 is 9.80 Å². The maximum absolute atomic E-state index is 2.51. The molecule has 1 rings (SSSR count). The summed E-state index contributed by atoms with van der Waals surface area (Å²) < 4.78 is 0. The van der Waals surface area contributed by atoms with Crippen molar-refractivity contribution in [2.75, 3.05) is 31.6 Å². The summed E-state index contributed by atoms with van der Waals surface area (Å²) in [5.74, 6) is 0. The van der Waals surface area contributed by atoms with Gasteiger partial charge in [-0.3, -0.25) is 0 Å². The minimum absolute atomic E-state index is 0.655. The number of benzene rings is 1. The number of anilines is 1. The highest BCUT2D eigenvalue weighted by molar-refractivity contribution is 5.44. The highest BCUT2D eigenvalue weighted by Gasteiger charge is 2.06. The van der Waals surface area contributed by atoms with Crippen LogP contribution in [0.15, 0.2) is 30.3 Å². The lowest BCUT2D eigenvalue weighted by atomic mass is 10.2. The second kappa shape index (κ2) is 7.33. The first-order valence-electron chi connectivity index (χ1n) is 6.65. The standard InChI is InChI=1S/C15H26N2/c1-5-17(14(2)3)13-9-12-16(4)15-10-7-6-8-11-15/h6-8,10-11,14H,5,9,12-13H2,1-4H3. The zero-order valence-electron chi connectivity index (χ0n) is 11.7. The quantitative estimate of drug-likeness (QED) is 0.714. The summed E-state index contributed by atoms with van der Waals surface area (Å²) in [6, 6.07) is 11.2. The Morgan fingerprint density at radius 1 is 1.06 bits per heavy atom. The maximum atomic E-state index is 2.51. The predicted octanol–water partition coefficient (Wildman–Crippen LogP) is 3.24. The monoisotopic (exact) mass is 234 g/mol. The lowest BCUT2D eigenvalue weighted by molar-refractivity contribution is 0.232. The van der Waals surface area contributed by atoms with E-state index in [1.165, 1.54) is 18.7 Å². The van der Waals surface area contributed by atoms with Crippen LogP contribution in [0.4, 0.5) is 5.69 Å². The highest BCUT2D eigenvalue weighted by atomic mass is 15.1. The Kier molecular flexibility index (Phi) is 6.06. The molecule has 2 nitrogen and oxygen atoms in total. The molecule has 0 saturated carbocycles. The third-order valence-electron chi connectivity index (χ3n) is 3.27. The summed E-state index contributed by atoms with van der Waals surface area (Å²) in [4.78, 5) is 4.84. The van der Waals surface area contributed by atoms with Crippen LogP contribution in [0.5, 0.6) is 0 Å². The predicted molar refractivity (Wildman–Crippen MR) is 76.7 cm³/mol. The Bertz CT molecular complexity index is 295. The second-order valence-corrected chi connectivity index (χ2v) is 4.83. The van der Waals surface area contributed by atoms with Crippen LogP contribution in [0.1, 0.15) is 27.2 Å². The van der Waals surface area contributed by atoms with Gasteiger partial charge >= 0.3 is 0 Å².